The maximum atomic E-state index is 10.8. The van der Waals surface area contributed by atoms with Crippen molar-refractivity contribution in [1.82, 2.24) is 0 Å². The number of carbonyl (C=O) groups excluding carboxylic acids is 1. The quantitative estimate of drug-likeness (QED) is 0.662. The summed E-state index contributed by atoms with van der Waals surface area (Å²) in [6.07, 6.45) is 3.45. The van der Waals surface area contributed by atoms with Gasteiger partial charge in [0.15, 0.2) is 0 Å². The molecule has 0 atom stereocenters. The Hall–Kier alpha value is -1.31. The SMILES string of the molecule is NC(=O)c1ccc2c(c1)CCC2. The molecule has 0 heterocycles. The van der Waals surface area contributed by atoms with Crippen LogP contribution in [0.15, 0.2) is 18.2 Å². The molecule has 1 amide bonds. The van der Waals surface area contributed by atoms with Gasteiger partial charge in [-0.05, 0) is 42.5 Å². The molecule has 1 aromatic carbocycles. The fourth-order valence-corrected chi connectivity index (χ4v) is 1.73. The van der Waals surface area contributed by atoms with E-state index in [0.29, 0.717) is 5.56 Å². The third-order valence-electron chi connectivity index (χ3n) is 2.38. The third kappa shape index (κ3) is 1.09. The van der Waals surface area contributed by atoms with Crippen molar-refractivity contribution in [2.45, 2.75) is 19.3 Å². The van der Waals surface area contributed by atoms with E-state index in [1.165, 1.54) is 17.5 Å². The average Bonchev–Trinajstić information content (AvgIpc) is 2.49. The molecule has 1 aliphatic rings. The van der Waals surface area contributed by atoms with Gasteiger partial charge in [0.1, 0.15) is 0 Å². The number of nitrogens with two attached hydrogens (primary N) is 1. The minimum absolute atomic E-state index is 0.329. The summed E-state index contributed by atoms with van der Waals surface area (Å²) in [5, 5.41) is 0. The number of carbonyl (C=O) groups is 1. The van der Waals surface area contributed by atoms with E-state index < -0.39 is 0 Å². The number of aryl methyl sites for hydroxylation is 2. The first-order valence-electron chi connectivity index (χ1n) is 4.19. The van der Waals surface area contributed by atoms with E-state index in [9.17, 15) is 4.79 Å². The zero-order chi connectivity index (χ0) is 8.55. The van der Waals surface area contributed by atoms with Crippen molar-refractivity contribution in [2.75, 3.05) is 0 Å². The van der Waals surface area contributed by atoms with E-state index in [2.05, 4.69) is 0 Å². The number of hydrogen-bond acceptors (Lipinski definition) is 1. The van der Waals surface area contributed by atoms with E-state index in [0.717, 1.165) is 12.8 Å². The Morgan fingerprint density at radius 2 is 2.00 bits per heavy atom. The second kappa shape index (κ2) is 2.63. The van der Waals surface area contributed by atoms with Gasteiger partial charge in [-0.1, -0.05) is 6.07 Å². The van der Waals surface area contributed by atoms with Crippen LogP contribution in [0.5, 0.6) is 0 Å². The highest BCUT2D eigenvalue weighted by Gasteiger charge is 2.11. The normalized spacial score (nSPS) is 14.3. The lowest BCUT2D eigenvalue weighted by molar-refractivity contribution is 0.1000. The fraction of sp³-hybridized carbons (Fsp3) is 0.300. The lowest BCUT2D eigenvalue weighted by Gasteiger charge is -2.00. The summed E-state index contributed by atoms with van der Waals surface area (Å²) in [5.41, 5.74) is 8.48. The highest BCUT2D eigenvalue weighted by Crippen LogP contribution is 2.22. The summed E-state index contributed by atoms with van der Waals surface area (Å²) < 4.78 is 0. The van der Waals surface area contributed by atoms with Crippen LogP contribution in [0, 0.1) is 0 Å². The van der Waals surface area contributed by atoms with Crippen LogP contribution in [0.25, 0.3) is 0 Å². The molecular formula is C10H11NO. The monoisotopic (exact) mass is 161 g/mol. The molecule has 0 bridgehead atoms. The second-order valence-electron chi connectivity index (χ2n) is 3.20. The molecule has 1 aromatic rings. The molecule has 0 saturated heterocycles. The van der Waals surface area contributed by atoms with Crippen molar-refractivity contribution in [3.63, 3.8) is 0 Å². The molecule has 2 nitrogen and oxygen atoms in total. The van der Waals surface area contributed by atoms with Gasteiger partial charge in [-0.15, -0.1) is 0 Å². The average molecular weight is 161 g/mol. The van der Waals surface area contributed by atoms with Crippen LogP contribution in [0.2, 0.25) is 0 Å². The summed E-state index contributed by atoms with van der Waals surface area (Å²) in [7, 11) is 0. The van der Waals surface area contributed by atoms with Crippen LogP contribution >= 0.6 is 0 Å². The molecule has 0 fully saturated rings. The Morgan fingerprint density at radius 1 is 1.25 bits per heavy atom. The maximum absolute atomic E-state index is 10.8. The van der Waals surface area contributed by atoms with Crippen LogP contribution in [-0.2, 0) is 12.8 Å². The molecule has 2 rings (SSSR count). The van der Waals surface area contributed by atoms with Crippen LogP contribution in [-0.4, -0.2) is 5.91 Å². The molecule has 1 aliphatic carbocycles. The van der Waals surface area contributed by atoms with Gasteiger partial charge in [-0.25, -0.2) is 0 Å². The Labute approximate surface area is 71.4 Å². The number of benzene rings is 1. The molecule has 0 saturated carbocycles. The summed E-state index contributed by atoms with van der Waals surface area (Å²) in [4.78, 5) is 10.8. The summed E-state index contributed by atoms with van der Waals surface area (Å²) in [6.45, 7) is 0. The standard InChI is InChI=1S/C10H11NO/c11-10(12)9-5-4-7-2-1-3-8(7)6-9/h4-6H,1-3H2,(H2,11,12). The molecule has 62 valence electrons. The van der Waals surface area contributed by atoms with Crippen molar-refractivity contribution >= 4 is 5.91 Å². The van der Waals surface area contributed by atoms with Gasteiger partial charge in [0.2, 0.25) is 5.91 Å². The number of hydrogen-bond donors (Lipinski definition) is 1. The van der Waals surface area contributed by atoms with Crippen LogP contribution < -0.4 is 5.73 Å². The van der Waals surface area contributed by atoms with Crippen LogP contribution in [0.1, 0.15) is 27.9 Å². The Balaban J connectivity index is 2.45. The van der Waals surface area contributed by atoms with Crippen molar-refractivity contribution in [1.29, 1.82) is 0 Å². The first-order chi connectivity index (χ1) is 5.77. The Bertz CT molecular complexity index is 331. The Kier molecular flexibility index (Phi) is 1.61. The van der Waals surface area contributed by atoms with Gasteiger partial charge >= 0.3 is 0 Å². The van der Waals surface area contributed by atoms with Gasteiger partial charge in [0, 0.05) is 5.56 Å². The first-order valence-corrected chi connectivity index (χ1v) is 4.19. The number of amides is 1. The minimum atomic E-state index is -0.329. The first kappa shape index (κ1) is 7.35. The van der Waals surface area contributed by atoms with Crippen LogP contribution in [0.4, 0.5) is 0 Å². The van der Waals surface area contributed by atoms with Gasteiger partial charge in [-0.3, -0.25) is 4.79 Å². The molecule has 2 heteroatoms. The molecule has 12 heavy (non-hydrogen) atoms. The topological polar surface area (TPSA) is 43.1 Å². The smallest absolute Gasteiger partial charge is 0.248 e. The van der Waals surface area contributed by atoms with Crippen molar-refractivity contribution < 1.29 is 4.79 Å². The molecule has 0 aromatic heterocycles. The highest BCUT2D eigenvalue weighted by atomic mass is 16.1. The third-order valence-corrected chi connectivity index (χ3v) is 2.38. The number of primary amides is 1. The van der Waals surface area contributed by atoms with E-state index in [1.807, 2.05) is 18.2 Å². The van der Waals surface area contributed by atoms with Gasteiger partial charge in [0.05, 0.1) is 0 Å². The zero-order valence-electron chi connectivity index (χ0n) is 6.84. The van der Waals surface area contributed by atoms with Gasteiger partial charge < -0.3 is 5.73 Å². The van der Waals surface area contributed by atoms with E-state index in [-0.39, 0.29) is 5.91 Å². The molecule has 0 aliphatic heterocycles. The second-order valence-corrected chi connectivity index (χ2v) is 3.20. The molecule has 0 radical (unpaired) electrons. The lowest BCUT2D eigenvalue weighted by atomic mass is 10.1. The summed E-state index contributed by atoms with van der Waals surface area (Å²) in [5.74, 6) is -0.329. The van der Waals surface area contributed by atoms with E-state index in [4.69, 9.17) is 5.73 Å². The maximum Gasteiger partial charge on any atom is 0.248 e. The molecule has 0 spiro atoms. The van der Waals surface area contributed by atoms with E-state index in [1.54, 1.807) is 0 Å². The van der Waals surface area contributed by atoms with Gasteiger partial charge in [0.25, 0.3) is 0 Å². The zero-order valence-corrected chi connectivity index (χ0v) is 6.84. The molecule has 0 unspecified atom stereocenters. The predicted octanol–water partition coefficient (Wildman–Crippen LogP) is 1.27. The lowest BCUT2D eigenvalue weighted by Crippen LogP contribution is -2.11. The fourth-order valence-electron chi connectivity index (χ4n) is 1.73. The van der Waals surface area contributed by atoms with Crippen LogP contribution in [0.3, 0.4) is 0 Å². The van der Waals surface area contributed by atoms with Crippen molar-refractivity contribution in [2.24, 2.45) is 5.73 Å². The predicted molar refractivity (Wildman–Crippen MR) is 47.0 cm³/mol. The molecular weight excluding hydrogens is 150 g/mol. The number of rotatable bonds is 1. The highest BCUT2D eigenvalue weighted by molar-refractivity contribution is 5.93. The van der Waals surface area contributed by atoms with Crippen molar-refractivity contribution in [3.8, 4) is 0 Å². The Morgan fingerprint density at radius 3 is 2.75 bits per heavy atom. The largest absolute Gasteiger partial charge is 0.366 e. The molecule has 2 N–H and O–H groups in total. The number of fused-ring (bicyclic) bond motifs is 1. The summed E-state index contributed by atoms with van der Waals surface area (Å²) in [6, 6.07) is 5.75. The summed E-state index contributed by atoms with van der Waals surface area (Å²) >= 11 is 0. The van der Waals surface area contributed by atoms with Gasteiger partial charge in [-0.2, -0.15) is 0 Å². The van der Waals surface area contributed by atoms with E-state index >= 15 is 0 Å². The minimum Gasteiger partial charge on any atom is -0.366 e. The van der Waals surface area contributed by atoms with Crippen molar-refractivity contribution in [3.05, 3.63) is 34.9 Å².